The monoisotopic (exact) mass is 482 g/mol. The highest BCUT2D eigenvalue weighted by atomic mass is 32.2. The summed E-state index contributed by atoms with van der Waals surface area (Å²) < 4.78 is 16.0. The number of carbonyl (C=O) groups excluding carboxylic acids is 1. The number of amides is 1. The van der Waals surface area contributed by atoms with Crippen LogP contribution in [0.1, 0.15) is 27.4 Å². The van der Waals surface area contributed by atoms with Gasteiger partial charge in [0.15, 0.2) is 5.13 Å². The second-order valence-corrected chi connectivity index (χ2v) is 8.83. The van der Waals surface area contributed by atoms with Crippen molar-refractivity contribution in [3.8, 4) is 22.8 Å². The maximum Gasteiger partial charge on any atom is 0.260 e. The Kier molecular flexibility index (Phi) is 6.95. The zero-order chi connectivity index (χ0) is 23.4. The van der Waals surface area contributed by atoms with Gasteiger partial charge in [0, 0.05) is 28.5 Å². The number of nitrogens with one attached hydrogen (secondary N) is 1. The predicted molar refractivity (Wildman–Crippen MR) is 128 cm³/mol. The zero-order valence-electron chi connectivity index (χ0n) is 18.5. The number of ether oxygens (including phenoxy) is 2. The van der Waals surface area contributed by atoms with Crippen molar-refractivity contribution in [2.45, 2.75) is 24.6 Å². The summed E-state index contributed by atoms with van der Waals surface area (Å²) >= 11 is 2.80. The summed E-state index contributed by atoms with van der Waals surface area (Å²) in [6.07, 6.45) is 1.67. The van der Waals surface area contributed by atoms with Gasteiger partial charge in [-0.25, -0.2) is 9.97 Å². The number of thioether (sulfide) groups is 1. The Hall–Kier alpha value is -3.37. The number of hydrogen-bond acceptors (Lipinski definition) is 9. The lowest BCUT2D eigenvalue weighted by Gasteiger charge is -2.09. The van der Waals surface area contributed by atoms with Crippen LogP contribution < -0.4 is 14.8 Å². The van der Waals surface area contributed by atoms with Crippen LogP contribution in [0.4, 0.5) is 5.13 Å². The number of aromatic nitrogens is 3. The van der Waals surface area contributed by atoms with Gasteiger partial charge >= 0.3 is 0 Å². The molecule has 4 aromatic rings. The molecule has 3 aromatic heterocycles. The quantitative estimate of drug-likeness (QED) is 0.335. The molecular formula is C23H22N4O4S2. The van der Waals surface area contributed by atoms with Gasteiger partial charge in [-0.1, -0.05) is 5.16 Å². The molecule has 1 N–H and O–H groups in total. The normalized spacial score (nSPS) is 10.8. The number of methoxy groups -OCH3 is 2. The molecule has 170 valence electrons. The summed E-state index contributed by atoms with van der Waals surface area (Å²) in [5, 5.41) is 9.83. The van der Waals surface area contributed by atoms with Gasteiger partial charge in [-0.15, -0.1) is 23.1 Å². The molecule has 0 aliphatic heterocycles. The molecule has 0 aliphatic rings. The molecule has 8 nitrogen and oxygen atoms in total. The Labute approximate surface area is 199 Å². The summed E-state index contributed by atoms with van der Waals surface area (Å²) in [6, 6.07) is 8.98. The third-order valence-corrected chi connectivity index (χ3v) is 6.75. The molecule has 0 aliphatic carbocycles. The van der Waals surface area contributed by atoms with E-state index in [-0.39, 0.29) is 5.91 Å². The minimum absolute atomic E-state index is 0.275. The summed E-state index contributed by atoms with van der Waals surface area (Å²) in [4.78, 5) is 22.0. The van der Waals surface area contributed by atoms with E-state index in [4.69, 9.17) is 14.0 Å². The van der Waals surface area contributed by atoms with Crippen LogP contribution in [0.15, 0.2) is 51.5 Å². The first kappa shape index (κ1) is 22.8. The molecule has 0 radical (unpaired) electrons. The number of nitrogens with zero attached hydrogens (tertiary/aromatic N) is 3. The van der Waals surface area contributed by atoms with E-state index >= 15 is 0 Å². The Morgan fingerprint density at radius 3 is 2.79 bits per heavy atom. The highest BCUT2D eigenvalue weighted by molar-refractivity contribution is 7.98. The zero-order valence-corrected chi connectivity index (χ0v) is 20.2. The molecule has 4 rings (SSSR count). The highest BCUT2D eigenvalue weighted by Crippen LogP contribution is 2.35. The summed E-state index contributed by atoms with van der Waals surface area (Å²) in [5.41, 5.74) is 3.79. The molecule has 33 heavy (non-hydrogen) atoms. The van der Waals surface area contributed by atoms with E-state index < -0.39 is 0 Å². The van der Waals surface area contributed by atoms with Crippen LogP contribution in [0.3, 0.4) is 0 Å². The van der Waals surface area contributed by atoms with Gasteiger partial charge in [0.05, 0.1) is 31.2 Å². The predicted octanol–water partition coefficient (Wildman–Crippen LogP) is 5.37. The van der Waals surface area contributed by atoms with Gasteiger partial charge < -0.3 is 14.0 Å². The lowest BCUT2D eigenvalue weighted by atomic mass is 10.1. The Morgan fingerprint density at radius 1 is 1.21 bits per heavy atom. The molecule has 0 fully saturated rings. The fourth-order valence-corrected chi connectivity index (χ4v) is 5.01. The van der Waals surface area contributed by atoms with Crippen molar-refractivity contribution in [2.75, 3.05) is 19.5 Å². The van der Waals surface area contributed by atoms with Crippen molar-refractivity contribution < 1.29 is 18.8 Å². The number of hydrogen-bond donors (Lipinski definition) is 1. The SMILES string of the molecule is COc1ccc(OC)c(-c2csc(NC(=O)c3cccnc3SCc3c(C)noc3C)n2)c1. The molecule has 0 saturated carbocycles. The van der Waals surface area contributed by atoms with Gasteiger partial charge in [-0.2, -0.15) is 0 Å². The van der Waals surface area contributed by atoms with Crippen LogP contribution in [0, 0.1) is 13.8 Å². The van der Waals surface area contributed by atoms with Crippen molar-refractivity contribution in [1.29, 1.82) is 0 Å². The molecule has 0 bridgehead atoms. The third kappa shape index (κ3) is 5.01. The maximum atomic E-state index is 13.0. The summed E-state index contributed by atoms with van der Waals surface area (Å²) in [7, 11) is 3.21. The Bertz CT molecular complexity index is 1270. The second kappa shape index (κ2) is 10.1. The van der Waals surface area contributed by atoms with E-state index in [2.05, 4.69) is 20.4 Å². The van der Waals surface area contributed by atoms with Crippen molar-refractivity contribution in [3.63, 3.8) is 0 Å². The molecule has 3 heterocycles. The molecule has 0 spiro atoms. The van der Waals surface area contributed by atoms with Crippen molar-refractivity contribution in [2.24, 2.45) is 0 Å². The number of carbonyl (C=O) groups is 1. The first-order valence-corrected chi connectivity index (χ1v) is 11.9. The van der Waals surface area contributed by atoms with Crippen molar-refractivity contribution >= 4 is 34.1 Å². The third-order valence-electron chi connectivity index (χ3n) is 4.96. The summed E-state index contributed by atoms with van der Waals surface area (Å²) in [5.74, 6) is 2.47. The molecule has 1 aromatic carbocycles. The topological polar surface area (TPSA) is 99.4 Å². The fraction of sp³-hybridized carbons (Fsp3) is 0.217. The van der Waals surface area contributed by atoms with Gasteiger partial charge in [0.1, 0.15) is 22.3 Å². The Morgan fingerprint density at radius 2 is 2.06 bits per heavy atom. The standard InChI is InChI=1S/C23H22N4O4S2/c1-13-18(14(2)31-27-13)11-32-22-16(6-5-9-24-22)21(28)26-23-25-19(12-33-23)17-10-15(29-3)7-8-20(17)30-4/h5-10,12H,11H2,1-4H3,(H,25,26,28). The first-order valence-electron chi connectivity index (χ1n) is 9.99. The van der Waals surface area contributed by atoms with Crippen LogP contribution in [0.5, 0.6) is 11.5 Å². The van der Waals surface area contributed by atoms with Gasteiger partial charge in [-0.3, -0.25) is 10.1 Å². The lowest BCUT2D eigenvalue weighted by molar-refractivity contribution is 0.102. The number of benzene rings is 1. The summed E-state index contributed by atoms with van der Waals surface area (Å²) in [6.45, 7) is 3.77. The number of anilines is 1. The van der Waals surface area contributed by atoms with Crippen LogP contribution in [0.25, 0.3) is 11.3 Å². The van der Waals surface area contributed by atoms with Gasteiger partial charge in [0.2, 0.25) is 0 Å². The van der Waals surface area contributed by atoms with E-state index in [1.54, 1.807) is 32.5 Å². The molecule has 0 saturated heterocycles. The fourth-order valence-electron chi connectivity index (χ4n) is 3.16. The van der Waals surface area contributed by atoms with E-state index in [0.717, 1.165) is 22.6 Å². The van der Waals surface area contributed by atoms with Crippen LogP contribution in [0.2, 0.25) is 0 Å². The molecule has 0 unspecified atom stereocenters. The number of thiazole rings is 1. The van der Waals surface area contributed by atoms with Crippen molar-refractivity contribution in [3.05, 3.63) is 64.5 Å². The van der Waals surface area contributed by atoms with Gasteiger partial charge in [0.25, 0.3) is 5.91 Å². The van der Waals surface area contributed by atoms with Crippen LogP contribution in [-0.2, 0) is 5.75 Å². The van der Waals surface area contributed by atoms with E-state index in [9.17, 15) is 4.79 Å². The van der Waals surface area contributed by atoms with Crippen LogP contribution in [-0.4, -0.2) is 35.3 Å². The maximum absolute atomic E-state index is 13.0. The number of aryl methyl sites for hydroxylation is 2. The highest BCUT2D eigenvalue weighted by Gasteiger charge is 2.18. The minimum Gasteiger partial charge on any atom is -0.497 e. The lowest BCUT2D eigenvalue weighted by Crippen LogP contribution is -2.13. The molecular weight excluding hydrogens is 460 g/mol. The van der Waals surface area contributed by atoms with E-state index in [0.29, 0.717) is 38.7 Å². The Balaban J connectivity index is 1.52. The van der Waals surface area contributed by atoms with E-state index in [1.807, 2.05) is 37.4 Å². The molecule has 0 atom stereocenters. The average Bonchev–Trinajstić information content (AvgIpc) is 3.43. The number of rotatable bonds is 8. The molecule has 1 amide bonds. The largest absolute Gasteiger partial charge is 0.497 e. The van der Waals surface area contributed by atoms with Gasteiger partial charge in [-0.05, 0) is 44.2 Å². The first-order chi connectivity index (χ1) is 16.0. The molecule has 10 heteroatoms. The average molecular weight is 483 g/mol. The van der Waals surface area contributed by atoms with Crippen molar-refractivity contribution in [1.82, 2.24) is 15.1 Å². The minimum atomic E-state index is -0.275. The van der Waals surface area contributed by atoms with Crippen LogP contribution >= 0.6 is 23.1 Å². The van der Waals surface area contributed by atoms with E-state index in [1.165, 1.54) is 23.1 Å². The number of pyridine rings is 1. The smallest absolute Gasteiger partial charge is 0.260 e. The second-order valence-electron chi connectivity index (χ2n) is 7.01.